The van der Waals surface area contributed by atoms with Crippen molar-refractivity contribution < 1.29 is 27.8 Å². The SMILES string of the molecule is CC1(C)CC(N(CCCC(=O)O)S(C)(=O)=O)c2cc(OCc3ccccc3)ccc2O1. The van der Waals surface area contributed by atoms with E-state index in [0.717, 1.165) is 17.4 Å². The average molecular weight is 448 g/mol. The summed E-state index contributed by atoms with van der Waals surface area (Å²) in [4.78, 5) is 10.9. The van der Waals surface area contributed by atoms with Gasteiger partial charge in [-0.05, 0) is 44.0 Å². The van der Waals surface area contributed by atoms with Crippen molar-refractivity contribution in [2.24, 2.45) is 0 Å². The number of hydrogen-bond acceptors (Lipinski definition) is 5. The molecular formula is C23H29NO6S. The van der Waals surface area contributed by atoms with E-state index in [0.29, 0.717) is 24.5 Å². The van der Waals surface area contributed by atoms with E-state index in [4.69, 9.17) is 14.6 Å². The second kappa shape index (κ2) is 9.28. The van der Waals surface area contributed by atoms with Crippen molar-refractivity contribution in [3.63, 3.8) is 0 Å². The number of sulfonamides is 1. The van der Waals surface area contributed by atoms with Crippen LogP contribution in [0.5, 0.6) is 11.5 Å². The molecular weight excluding hydrogens is 418 g/mol. The van der Waals surface area contributed by atoms with Gasteiger partial charge in [0.2, 0.25) is 10.0 Å². The van der Waals surface area contributed by atoms with Crippen LogP contribution < -0.4 is 9.47 Å². The van der Waals surface area contributed by atoms with Crippen molar-refractivity contribution in [3.8, 4) is 11.5 Å². The van der Waals surface area contributed by atoms with Crippen molar-refractivity contribution in [3.05, 3.63) is 59.7 Å². The summed E-state index contributed by atoms with van der Waals surface area (Å²) >= 11 is 0. The van der Waals surface area contributed by atoms with E-state index in [9.17, 15) is 13.2 Å². The minimum atomic E-state index is -3.58. The lowest BCUT2D eigenvalue weighted by atomic mass is 9.89. The molecule has 8 heteroatoms. The molecule has 0 amide bonds. The number of carboxylic acids is 1. The molecule has 1 unspecified atom stereocenters. The second-order valence-electron chi connectivity index (χ2n) is 8.43. The summed E-state index contributed by atoms with van der Waals surface area (Å²) < 4.78 is 38.7. The molecule has 2 aromatic rings. The molecule has 0 saturated carbocycles. The number of fused-ring (bicyclic) bond motifs is 1. The Hall–Kier alpha value is -2.58. The van der Waals surface area contributed by atoms with Crippen LogP contribution in [0.4, 0.5) is 0 Å². The topological polar surface area (TPSA) is 93.1 Å². The Morgan fingerprint density at radius 1 is 1.23 bits per heavy atom. The van der Waals surface area contributed by atoms with E-state index in [-0.39, 0.29) is 19.4 Å². The maximum absolute atomic E-state index is 12.6. The highest BCUT2D eigenvalue weighted by atomic mass is 32.2. The zero-order chi connectivity index (χ0) is 22.6. The molecule has 1 atom stereocenters. The van der Waals surface area contributed by atoms with E-state index < -0.39 is 27.6 Å². The van der Waals surface area contributed by atoms with Crippen molar-refractivity contribution in [2.75, 3.05) is 12.8 Å². The van der Waals surface area contributed by atoms with Crippen LogP contribution >= 0.6 is 0 Å². The second-order valence-corrected chi connectivity index (χ2v) is 10.4. The van der Waals surface area contributed by atoms with Gasteiger partial charge in [-0.3, -0.25) is 4.79 Å². The average Bonchev–Trinajstić information content (AvgIpc) is 2.68. The number of carboxylic acid groups (broad SMARTS) is 1. The lowest BCUT2D eigenvalue weighted by Gasteiger charge is -2.41. The van der Waals surface area contributed by atoms with E-state index in [1.807, 2.05) is 56.3 Å². The fraction of sp³-hybridized carbons (Fsp3) is 0.435. The van der Waals surface area contributed by atoms with Crippen LogP contribution in [0.2, 0.25) is 0 Å². The third kappa shape index (κ3) is 6.21. The Labute approximate surface area is 183 Å². The van der Waals surface area contributed by atoms with E-state index in [1.165, 1.54) is 4.31 Å². The standard InChI is InChI=1S/C23H29NO6S/c1-23(2)15-20(24(31(3,27)28)13-7-10-22(25)26)19-14-18(11-12-21(19)30-23)29-16-17-8-5-4-6-9-17/h4-6,8-9,11-12,14,20H,7,10,13,15-16H2,1-3H3,(H,25,26). The Morgan fingerprint density at radius 2 is 1.94 bits per heavy atom. The lowest BCUT2D eigenvalue weighted by molar-refractivity contribution is -0.137. The molecule has 0 aromatic heterocycles. The summed E-state index contributed by atoms with van der Waals surface area (Å²) in [5.41, 5.74) is 1.19. The highest BCUT2D eigenvalue weighted by Gasteiger charge is 2.40. The van der Waals surface area contributed by atoms with E-state index >= 15 is 0 Å². The Kier molecular flexibility index (Phi) is 6.91. The summed E-state index contributed by atoms with van der Waals surface area (Å²) in [7, 11) is -3.58. The first-order chi connectivity index (χ1) is 14.5. The van der Waals surface area contributed by atoms with Crippen molar-refractivity contribution in [2.45, 2.75) is 51.4 Å². The van der Waals surface area contributed by atoms with Gasteiger partial charge in [0.1, 0.15) is 23.7 Å². The number of ether oxygens (including phenoxy) is 2. The Bertz CT molecular complexity index is 1020. The van der Waals surface area contributed by atoms with Crippen molar-refractivity contribution in [1.82, 2.24) is 4.31 Å². The number of carbonyl (C=O) groups is 1. The Morgan fingerprint density at radius 3 is 2.58 bits per heavy atom. The van der Waals surface area contributed by atoms with Gasteiger partial charge in [-0.15, -0.1) is 0 Å². The highest BCUT2D eigenvalue weighted by molar-refractivity contribution is 7.88. The molecule has 168 valence electrons. The van der Waals surface area contributed by atoms with Gasteiger partial charge in [-0.25, -0.2) is 8.42 Å². The maximum atomic E-state index is 12.6. The zero-order valence-corrected chi connectivity index (χ0v) is 18.9. The predicted octanol–water partition coefficient (Wildman–Crippen LogP) is 3.99. The number of hydrogen-bond donors (Lipinski definition) is 1. The summed E-state index contributed by atoms with van der Waals surface area (Å²) in [6, 6.07) is 14.8. The molecule has 1 N–H and O–H groups in total. The van der Waals surface area contributed by atoms with Crippen LogP contribution in [-0.2, 0) is 21.4 Å². The fourth-order valence-electron chi connectivity index (χ4n) is 3.82. The lowest BCUT2D eigenvalue weighted by Crippen LogP contribution is -2.43. The van der Waals surface area contributed by atoms with Crippen LogP contribution in [0.3, 0.4) is 0 Å². The molecule has 0 fully saturated rings. The maximum Gasteiger partial charge on any atom is 0.303 e. The number of rotatable bonds is 9. The minimum absolute atomic E-state index is 0.0916. The summed E-state index contributed by atoms with van der Waals surface area (Å²) in [5.74, 6) is 0.285. The van der Waals surface area contributed by atoms with Gasteiger partial charge in [-0.2, -0.15) is 4.31 Å². The number of benzene rings is 2. The fourth-order valence-corrected chi connectivity index (χ4v) is 4.93. The van der Waals surface area contributed by atoms with Crippen molar-refractivity contribution >= 4 is 16.0 Å². The molecule has 0 bridgehead atoms. The quantitative estimate of drug-likeness (QED) is 0.625. The van der Waals surface area contributed by atoms with Gasteiger partial charge >= 0.3 is 5.97 Å². The molecule has 0 radical (unpaired) electrons. The molecule has 1 aliphatic rings. The van der Waals surface area contributed by atoms with Gasteiger partial charge in [0.15, 0.2) is 0 Å². The first kappa shape index (κ1) is 23.1. The van der Waals surface area contributed by atoms with Crippen LogP contribution in [-0.4, -0.2) is 42.2 Å². The van der Waals surface area contributed by atoms with E-state index in [2.05, 4.69) is 0 Å². The first-order valence-electron chi connectivity index (χ1n) is 10.2. The molecule has 2 aromatic carbocycles. The summed E-state index contributed by atoms with van der Waals surface area (Å²) in [6.45, 7) is 4.35. The molecule has 31 heavy (non-hydrogen) atoms. The molecule has 0 spiro atoms. The predicted molar refractivity (Wildman–Crippen MR) is 118 cm³/mol. The first-order valence-corrected chi connectivity index (χ1v) is 12.1. The Balaban J connectivity index is 1.90. The molecule has 0 saturated heterocycles. The van der Waals surface area contributed by atoms with Gasteiger partial charge in [-0.1, -0.05) is 30.3 Å². The number of aliphatic carboxylic acids is 1. The minimum Gasteiger partial charge on any atom is -0.489 e. The molecule has 7 nitrogen and oxygen atoms in total. The normalized spacial score (nSPS) is 17.6. The number of nitrogens with zero attached hydrogens (tertiary/aromatic N) is 1. The van der Waals surface area contributed by atoms with E-state index in [1.54, 1.807) is 6.07 Å². The van der Waals surface area contributed by atoms with Crippen molar-refractivity contribution in [1.29, 1.82) is 0 Å². The summed E-state index contributed by atoms with van der Waals surface area (Å²) in [5, 5.41) is 8.97. The third-order valence-corrected chi connectivity index (χ3v) is 6.49. The monoisotopic (exact) mass is 447 g/mol. The summed E-state index contributed by atoms with van der Waals surface area (Å²) in [6.07, 6.45) is 1.75. The van der Waals surface area contributed by atoms with Crippen LogP contribution in [0.1, 0.15) is 50.3 Å². The van der Waals surface area contributed by atoms with Gasteiger partial charge < -0.3 is 14.6 Å². The zero-order valence-electron chi connectivity index (χ0n) is 18.1. The molecule has 1 aliphatic heterocycles. The largest absolute Gasteiger partial charge is 0.489 e. The van der Waals surface area contributed by atoms with Gasteiger partial charge in [0.25, 0.3) is 0 Å². The van der Waals surface area contributed by atoms with Crippen LogP contribution in [0, 0.1) is 0 Å². The third-order valence-electron chi connectivity index (χ3n) is 5.20. The molecule has 1 heterocycles. The molecule has 0 aliphatic carbocycles. The van der Waals surface area contributed by atoms with Gasteiger partial charge in [0, 0.05) is 24.9 Å². The van der Waals surface area contributed by atoms with Gasteiger partial charge in [0.05, 0.1) is 12.3 Å². The molecule has 3 rings (SSSR count). The smallest absolute Gasteiger partial charge is 0.303 e. The van der Waals surface area contributed by atoms with Crippen LogP contribution in [0.25, 0.3) is 0 Å². The highest BCUT2D eigenvalue weighted by Crippen LogP contribution is 2.44. The van der Waals surface area contributed by atoms with Crippen LogP contribution in [0.15, 0.2) is 48.5 Å².